The highest BCUT2D eigenvalue weighted by Gasteiger charge is 2.05. The topological polar surface area (TPSA) is 52.3 Å². The number of aromatic nitrogens is 4. The molecule has 0 amide bonds. The van der Waals surface area contributed by atoms with Crippen LogP contribution in [-0.4, -0.2) is 19.8 Å². The second-order valence-corrected chi connectivity index (χ2v) is 3.66. The van der Waals surface area contributed by atoms with Gasteiger partial charge in [-0.1, -0.05) is 18.2 Å². The summed E-state index contributed by atoms with van der Waals surface area (Å²) in [4.78, 5) is 0. The van der Waals surface area contributed by atoms with Gasteiger partial charge in [0.15, 0.2) is 5.65 Å². The van der Waals surface area contributed by atoms with Crippen LogP contribution in [0, 0.1) is 0 Å². The molecule has 0 fully saturated rings. The van der Waals surface area contributed by atoms with Gasteiger partial charge >= 0.3 is 0 Å². The van der Waals surface area contributed by atoms with E-state index in [0.29, 0.717) is 17.3 Å². The number of rotatable bonds is 2. The maximum atomic E-state index is 5.82. The highest BCUT2D eigenvalue weighted by Crippen LogP contribution is 2.19. The predicted molar refractivity (Wildman–Crippen MR) is 62.3 cm³/mol. The Morgan fingerprint density at radius 1 is 1.00 bits per heavy atom. The minimum Gasteiger partial charge on any atom is -0.438 e. The fourth-order valence-electron chi connectivity index (χ4n) is 1.41. The van der Waals surface area contributed by atoms with E-state index in [2.05, 4.69) is 15.3 Å². The first-order valence-electron chi connectivity index (χ1n) is 4.94. The fraction of sp³-hybridized carbons (Fsp3) is 0. The minimum absolute atomic E-state index is 0.207. The van der Waals surface area contributed by atoms with Gasteiger partial charge in [0.2, 0.25) is 11.2 Å². The van der Waals surface area contributed by atoms with E-state index < -0.39 is 0 Å². The van der Waals surface area contributed by atoms with Crippen molar-refractivity contribution < 1.29 is 4.74 Å². The van der Waals surface area contributed by atoms with E-state index in [1.54, 1.807) is 12.1 Å². The van der Waals surface area contributed by atoms with Crippen LogP contribution in [0.15, 0.2) is 42.5 Å². The molecule has 0 aliphatic carbocycles. The summed E-state index contributed by atoms with van der Waals surface area (Å²) < 4.78 is 6.98. The molecule has 0 aliphatic rings. The van der Waals surface area contributed by atoms with Crippen molar-refractivity contribution >= 4 is 17.2 Å². The summed E-state index contributed by atoms with van der Waals surface area (Å²) in [5, 5.41) is 11.9. The summed E-state index contributed by atoms with van der Waals surface area (Å²) in [6.45, 7) is 0. The van der Waals surface area contributed by atoms with Crippen LogP contribution in [0.3, 0.4) is 0 Å². The van der Waals surface area contributed by atoms with Crippen molar-refractivity contribution in [3.8, 4) is 11.6 Å². The molecule has 0 saturated carbocycles. The lowest BCUT2D eigenvalue weighted by atomic mass is 10.3. The van der Waals surface area contributed by atoms with Crippen LogP contribution in [0.4, 0.5) is 0 Å². The second-order valence-electron chi connectivity index (χ2n) is 3.33. The molecule has 0 aliphatic heterocycles. The molecule has 3 aromatic rings. The number of nitrogens with zero attached hydrogens (tertiary/aromatic N) is 4. The van der Waals surface area contributed by atoms with Gasteiger partial charge in [0.05, 0.1) is 0 Å². The smallest absolute Gasteiger partial charge is 0.246 e. The van der Waals surface area contributed by atoms with Gasteiger partial charge < -0.3 is 4.74 Å². The van der Waals surface area contributed by atoms with Gasteiger partial charge in [-0.05, 0) is 29.8 Å². The van der Waals surface area contributed by atoms with Gasteiger partial charge in [-0.3, -0.25) is 0 Å². The highest BCUT2D eigenvalue weighted by atomic mass is 35.5. The van der Waals surface area contributed by atoms with E-state index in [9.17, 15) is 0 Å². The molecule has 2 aromatic heterocycles. The quantitative estimate of drug-likeness (QED) is 0.697. The maximum absolute atomic E-state index is 5.82. The third-order valence-corrected chi connectivity index (χ3v) is 2.40. The van der Waals surface area contributed by atoms with E-state index >= 15 is 0 Å². The van der Waals surface area contributed by atoms with Gasteiger partial charge in [-0.25, -0.2) is 0 Å². The van der Waals surface area contributed by atoms with E-state index in [4.69, 9.17) is 16.3 Å². The lowest BCUT2D eigenvalue weighted by Gasteiger charge is -2.03. The third kappa shape index (κ3) is 1.92. The molecule has 2 heterocycles. The molecular weight excluding hydrogens is 240 g/mol. The lowest BCUT2D eigenvalue weighted by Crippen LogP contribution is -1.95. The summed E-state index contributed by atoms with van der Waals surface area (Å²) in [5.74, 6) is 1.15. The Labute approximate surface area is 102 Å². The van der Waals surface area contributed by atoms with Crippen LogP contribution >= 0.6 is 11.6 Å². The standard InChI is InChI=1S/C11H7ClN4O/c12-11-14-13-9-6-7-10(15-16(9)11)17-8-4-2-1-3-5-8/h1-7H. The molecule has 0 bridgehead atoms. The number of ether oxygens (including phenoxy) is 1. The van der Waals surface area contributed by atoms with Crippen molar-refractivity contribution in [1.82, 2.24) is 19.8 Å². The summed E-state index contributed by atoms with van der Waals surface area (Å²) in [7, 11) is 0. The number of benzene rings is 1. The van der Waals surface area contributed by atoms with Crippen molar-refractivity contribution in [2.75, 3.05) is 0 Å². The van der Waals surface area contributed by atoms with E-state index in [-0.39, 0.29) is 5.28 Å². The first kappa shape index (κ1) is 10.0. The first-order chi connectivity index (χ1) is 8.33. The third-order valence-electron chi connectivity index (χ3n) is 2.17. The molecule has 5 nitrogen and oxygen atoms in total. The number of hydrogen-bond donors (Lipinski definition) is 0. The van der Waals surface area contributed by atoms with Crippen LogP contribution in [-0.2, 0) is 0 Å². The monoisotopic (exact) mass is 246 g/mol. The molecule has 1 aromatic carbocycles. The van der Waals surface area contributed by atoms with Gasteiger partial charge in [-0.2, -0.15) is 4.52 Å². The Morgan fingerprint density at radius 3 is 2.65 bits per heavy atom. The van der Waals surface area contributed by atoms with Crippen molar-refractivity contribution in [2.45, 2.75) is 0 Å². The molecule has 0 N–H and O–H groups in total. The van der Waals surface area contributed by atoms with E-state index in [1.165, 1.54) is 4.52 Å². The van der Waals surface area contributed by atoms with Crippen LogP contribution < -0.4 is 4.74 Å². The zero-order chi connectivity index (χ0) is 11.7. The summed E-state index contributed by atoms with van der Waals surface area (Å²) in [6.07, 6.45) is 0. The van der Waals surface area contributed by atoms with Gasteiger partial charge in [0.1, 0.15) is 5.75 Å². The van der Waals surface area contributed by atoms with Crippen molar-refractivity contribution in [1.29, 1.82) is 0 Å². The maximum Gasteiger partial charge on any atom is 0.246 e. The largest absolute Gasteiger partial charge is 0.438 e. The summed E-state index contributed by atoms with van der Waals surface area (Å²) in [5.41, 5.74) is 0.579. The average molecular weight is 247 g/mol. The van der Waals surface area contributed by atoms with Crippen LogP contribution in [0.25, 0.3) is 5.65 Å². The fourth-order valence-corrected chi connectivity index (χ4v) is 1.57. The zero-order valence-electron chi connectivity index (χ0n) is 8.62. The van der Waals surface area contributed by atoms with Crippen molar-refractivity contribution in [2.24, 2.45) is 0 Å². The Bertz CT molecular complexity index is 653. The molecule has 0 spiro atoms. The summed E-state index contributed by atoms with van der Waals surface area (Å²) in [6, 6.07) is 12.8. The van der Waals surface area contributed by atoms with E-state index in [1.807, 2.05) is 30.3 Å². The average Bonchev–Trinajstić information content (AvgIpc) is 2.73. The Hall–Kier alpha value is -2.14. The van der Waals surface area contributed by atoms with Crippen LogP contribution in [0.2, 0.25) is 5.28 Å². The Morgan fingerprint density at radius 2 is 1.82 bits per heavy atom. The first-order valence-corrected chi connectivity index (χ1v) is 5.31. The SMILES string of the molecule is Clc1nnc2ccc(Oc3ccccc3)nn12. The van der Waals surface area contributed by atoms with Crippen LogP contribution in [0.5, 0.6) is 11.6 Å². The molecule has 84 valence electrons. The number of halogens is 1. The Kier molecular flexibility index (Phi) is 2.38. The molecule has 3 rings (SSSR count). The van der Waals surface area contributed by atoms with Crippen LogP contribution in [0.1, 0.15) is 0 Å². The molecule has 17 heavy (non-hydrogen) atoms. The molecular formula is C11H7ClN4O. The van der Waals surface area contributed by atoms with Crippen molar-refractivity contribution in [3.63, 3.8) is 0 Å². The second kappa shape index (κ2) is 4.03. The van der Waals surface area contributed by atoms with Gasteiger partial charge in [0, 0.05) is 6.07 Å². The molecule has 6 heteroatoms. The van der Waals surface area contributed by atoms with Gasteiger partial charge in [-0.15, -0.1) is 15.3 Å². The van der Waals surface area contributed by atoms with Gasteiger partial charge in [0.25, 0.3) is 0 Å². The molecule has 0 unspecified atom stereocenters. The molecule has 0 radical (unpaired) electrons. The Balaban J connectivity index is 1.98. The highest BCUT2D eigenvalue weighted by molar-refractivity contribution is 6.28. The number of fused-ring (bicyclic) bond motifs is 1. The van der Waals surface area contributed by atoms with E-state index in [0.717, 1.165) is 0 Å². The summed E-state index contributed by atoms with van der Waals surface area (Å²) >= 11 is 5.82. The molecule has 0 atom stereocenters. The minimum atomic E-state index is 0.207. The normalized spacial score (nSPS) is 10.6. The zero-order valence-corrected chi connectivity index (χ0v) is 9.37. The van der Waals surface area contributed by atoms with Crippen molar-refractivity contribution in [3.05, 3.63) is 47.7 Å². The molecule has 0 saturated heterocycles. The lowest BCUT2D eigenvalue weighted by molar-refractivity contribution is 0.452. The number of para-hydroxylation sites is 1. The number of hydrogen-bond acceptors (Lipinski definition) is 4. The predicted octanol–water partition coefficient (Wildman–Crippen LogP) is 2.57.